The predicted molar refractivity (Wildman–Crippen MR) is 88.2 cm³/mol. The van der Waals surface area contributed by atoms with Crippen LogP contribution in [0.3, 0.4) is 0 Å². The number of benzene rings is 1. The number of hydrogen-bond acceptors (Lipinski definition) is 8. The van der Waals surface area contributed by atoms with E-state index in [-0.39, 0.29) is 31.7 Å². The number of nitrogens with zero attached hydrogens (tertiary/aromatic N) is 3. The number of hydrogen-bond donors (Lipinski definition) is 1. The molecule has 25 heavy (non-hydrogen) atoms. The van der Waals surface area contributed by atoms with Gasteiger partial charge >= 0.3 is 5.97 Å². The van der Waals surface area contributed by atoms with E-state index >= 15 is 0 Å². The number of primary amides is 1. The molecule has 0 atom stereocenters. The maximum absolute atomic E-state index is 11.3. The summed E-state index contributed by atoms with van der Waals surface area (Å²) >= 11 is 1.26. The molecule has 0 aliphatic heterocycles. The highest BCUT2D eigenvalue weighted by Crippen LogP contribution is 2.33. The van der Waals surface area contributed by atoms with Gasteiger partial charge in [0.2, 0.25) is 5.82 Å². The molecule has 0 spiro atoms. The Morgan fingerprint density at radius 3 is 2.72 bits per heavy atom. The topological polar surface area (TPSA) is 119 Å². The second-order valence-corrected chi connectivity index (χ2v) is 5.72. The first kappa shape index (κ1) is 18.7. The van der Waals surface area contributed by atoms with Crippen LogP contribution in [0.4, 0.5) is 0 Å². The van der Waals surface area contributed by atoms with Crippen molar-refractivity contribution in [2.45, 2.75) is 23.7 Å². The van der Waals surface area contributed by atoms with Crippen molar-refractivity contribution >= 4 is 23.6 Å². The molecule has 0 unspecified atom stereocenters. The molecular formula is C15H18N4O5S. The second kappa shape index (κ2) is 9.04. The van der Waals surface area contributed by atoms with E-state index in [9.17, 15) is 9.59 Å². The van der Waals surface area contributed by atoms with Crippen molar-refractivity contribution in [3.8, 4) is 5.75 Å². The van der Waals surface area contributed by atoms with Gasteiger partial charge in [0.1, 0.15) is 19.1 Å². The van der Waals surface area contributed by atoms with Crippen LogP contribution in [0.1, 0.15) is 17.5 Å². The summed E-state index contributed by atoms with van der Waals surface area (Å²) in [5, 5.41) is 4.45. The number of rotatable bonds is 9. The van der Waals surface area contributed by atoms with Gasteiger partial charge in [0.25, 0.3) is 5.91 Å². The Labute approximate surface area is 148 Å². The van der Waals surface area contributed by atoms with E-state index in [1.807, 2.05) is 24.3 Å². The lowest BCUT2D eigenvalue weighted by Gasteiger charge is -2.09. The maximum Gasteiger partial charge on any atom is 0.302 e. The van der Waals surface area contributed by atoms with E-state index in [0.717, 1.165) is 4.90 Å². The molecule has 1 heterocycles. The molecule has 2 rings (SSSR count). The molecule has 134 valence electrons. The van der Waals surface area contributed by atoms with Crippen LogP contribution in [0.15, 0.2) is 34.3 Å². The van der Waals surface area contributed by atoms with Gasteiger partial charge in [-0.1, -0.05) is 12.1 Å². The molecule has 1 amide bonds. The van der Waals surface area contributed by atoms with Gasteiger partial charge in [-0.3, -0.25) is 9.59 Å². The largest absolute Gasteiger partial charge is 0.496 e. The summed E-state index contributed by atoms with van der Waals surface area (Å²) in [6, 6.07) is 7.37. The zero-order valence-corrected chi connectivity index (χ0v) is 14.6. The fourth-order valence-corrected chi connectivity index (χ4v) is 2.71. The number of carbonyl (C=O) groups is 2. The zero-order valence-electron chi connectivity index (χ0n) is 13.8. The van der Waals surface area contributed by atoms with E-state index in [1.54, 1.807) is 7.11 Å². The Morgan fingerprint density at radius 1 is 1.28 bits per heavy atom. The van der Waals surface area contributed by atoms with Gasteiger partial charge < -0.3 is 19.9 Å². The van der Waals surface area contributed by atoms with Crippen LogP contribution in [0.5, 0.6) is 5.75 Å². The van der Waals surface area contributed by atoms with Crippen LogP contribution in [0.25, 0.3) is 0 Å². The number of methoxy groups -OCH3 is 1. The lowest BCUT2D eigenvalue weighted by molar-refractivity contribution is -0.143. The normalized spacial score (nSPS) is 10.5. The van der Waals surface area contributed by atoms with Crippen molar-refractivity contribution in [2.24, 2.45) is 5.73 Å². The molecule has 2 N–H and O–H groups in total. The molecule has 0 bridgehead atoms. The molecule has 9 nitrogen and oxygen atoms in total. The van der Waals surface area contributed by atoms with Crippen LogP contribution in [0.2, 0.25) is 0 Å². The van der Waals surface area contributed by atoms with Gasteiger partial charge in [0, 0.05) is 6.92 Å². The van der Waals surface area contributed by atoms with Crippen molar-refractivity contribution in [3.63, 3.8) is 0 Å². The summed E-state index contributed by atoms with van der Waals surface area (Å²) in [5.41, 5.74) is 5.25. The predicted octanol–water partition coefficient (Wildman–Crippen LogP) is 1.07. The minimum absolute atomic E-state index is 0.0268. The Kier molecular flexibility index (Phi) is 6.78. The fraction of sp³-hybridized carbons (Fsp3) is 0.333. The SMILES string of the molecule is COc1ccccc1Sc1nc(C(N)=O)nn1COCCOC(C)=O. The second-order valence-electron chi connectivity index (χ2n) is 4.71. The van der Waals surface area contributed by atoms with E-state index in [1.165, 1.54) is 23.4 Å². The van der Waals surface area contributed by atoms with Crippen LogP contribution in [-0.2, 0) is 21.0 Å². The molecule has 1 aromatic heterocycles. The van der Waals surface area contributed by atoms with Crippen molar-refractivity contribution in [2.75, 3.05) is 20.3 Å². The van der Waals surface area contributed by atoms with Gasteiger partial charge in [0.05, 0.1) is 18.6 Å². The fourth-order valence-electron chi connectivity index (χ4n) is 1.79. The number of esters is 1. The number of ether oxygens (including phenoxy) is 3. The smallest absolute Gasteiger partial charge is 0.302 e. The van der Waals surface area contributed by atoms with Crippen molar-refractivity contribution in [1.82, 2.24) is 14.8 Å². The van der Waals surface area contributed by atoms with E-state index in [2.05, 4.69) is 10.1 Å². The molecule has 0 saturated heterocycles. The number of amides is 1. The van der Waals surface area contributed by atoms with E-state index in [4.69, 9.17) is 19.9 Å². The van der Waals surface area contributed by atoms with Crippen LogP contribution in [-0.4, -0.2) is 47.0 Å². The molecule has 0 fully saturated rings. The van der Waals surface area contributed by atoms with Crippen molar-refractivity contribution in [3.05, 3.63) is 30.1 Å². The van der Waals surface area contributed by atoms with E-state index < -0.39 is 5.91 Å². The monoisotopic (exact) mass is 366 g/mol. The number of para-hydroxylation sites is 1. The Hall–Kier alpha value is -2.59. The van der Waals surface area contributed by atoms with Gasteiger partial charge in [-0.05, 0) is 23.9 Å². The standard InChI is InChI=1S/C15H18N4O5S/c1-10(20)24-8-7-23-9-19-15(17-14(18-19)13(16)21)25-12-6-4-3-5-11(12)22-2/h3-6H,7-9H2,1-2H3,(H2,16,21). The Balaban J connectivity index is 2.10. The molecule has 2 aromatic rings. The Bertz CT molecular complexity index is 749. The quantitative estimate of drug-likeness (QED) is 0.517. The first-order chi connectivity index (χ1) is 12.0. The molecular weight excluding hydrogens is 348 g/mol. The van der Waals surface area contributed by atoms with Crippen LogP contribution >= 0.6 is 11.8 Å². The number of carbonyl (C=O) groups excluding carboxylic acids is 2. The molecule has 1 aromatic carbocycles. The third-order valence-electron chi connectivity index (χ3n) is 2.88. The summed E-state index contributed by atoms with van der Waals surface area (Å²) in [5.74, 6) is -0.562. The molecule has 0 saturated carbocycles. The highest BCUT2D eigenvalue weighted by Gasteiger charge is 2.16. The lowest BCUT2D eigenvalue weighted by atomic mass is 10.3. The van der Waals surface area contributed by atoms with Crippen LogP contribution in [0, 0.1) is 0 Å². The third-order valence-corrected chi connectivity index (χ3v) is 3.92. The number of nitrogens with two attached hydrogens (primary N) is 1. The van der Waals surface area contributed by atoms with Gasteiger partial charge in [-0.2, -0.15) is 4.98 Å². The Morgan fingerprint density at radius 2 is 2.04 bits per heavy atom. The van der Waals surface area contributed by atoms with Crippen LogP contribution < -0.4 is 10.5 Å². The molecule has 0 aliphatic carbocycles. The van der Waals surface area contributed by atoms with Gasteiger partial charge in [0.15, 0.2) is 5.16 Å². The molecule has 0 aliphatic rings. The minimum Gasteiger partial charge on any atom is -0.496 e. The highest BCUT2D eigenvalue weighted by molar-refractivity contribution is 7.99. The summed E-state index contributed by atoms with van der Waals surface area (Å²) in [4.78, 5) is 27.0. The number of aromatic nitrogens is 3. The summed E-state index contributed by atoms with van der Waals surface area (Å²) in [7, 11) is 1.57. The highest BCUT2D eigenvalue weighted by atomic mass is 32.2. The zero-order chi connectivity index (χ0) is 18.2. The molecule has 0 radical (unpaired) electrons. The summed E-state index contributed by atoms with van der Waals surface area (Å²) < 4.78 is 16.9. The van der Waals surface area contributed by atoms with Gasteiger partial charge in [-0.25, -0.2) is 4.68 Å². The van der Waals surface area contributed by atoms with Gasteiger partial charge in [-0.15, -0.1) is 5.10 Å². The van der Waals surface area contributed by atoms with E-state index in [0.29, 0.717) is 10.9 Å². The first-order valence-corrected chi connectivity index (χ1v) is 8.09. The third kappa shape index (κ3) is 5.47. The lowest BCUT2D eigenvalue weighted by Crippen LogP contribution is -2.15. The average molecular weight is 366 g/mol. The summed E-state index contributed by atoms with van der Waals surface area (Å²) in [6.07, 6.45) is 0. The maximum atomic E-state index is 11.3. The van der Waals surface area contributed by atoms with Crippen molar-refractivity contribution in [1.29, 1.82) is 0 Å². The van der Waals surface area contributed by atoms with Crippen molar-refractivity contribution < 1.29 is 23.8 Å². The molecule has 10 heteroatoms. The minimum atomic E-state index is -0.736. The summed E-state index contributed by atoms with van der Waals surface area (Å²) in [6.45, 7) is 1.66. The first-order valence-electron chi connectivity index (χ1n) is 7.28. The average Bonchev–Trinajstić information content (AvgIpc) is 2.98.